The molecule has 0 aliphatic heterocycles. The van der Waals surface area contributed by atoms with E-state index in [-0.39, 0.29) is 0 Å². The summed E-state index contributed by atoms with van der Waals surface area (Å²) in [5, 5.41) is 2.58. The molecule has 190 valence electrons. The number of rotatable bonds is 5. The average molecular weight is 505 g/mol. The van der Waals surface area contributed by atoms with E-state index >= 15 is 0 Å². The van der Waals surface area contributed by atoms with Crippen LogP contribution in [-0.4, -0.2) is 10.6 Å². The Labute approximate surface area is 230 Å². The molecule has 1 aliphatic carbocycles. The van der Waals surface area contributed by atoms with Crippen molar-refractivity contribution in [1.29, 1.82) is 0 Å². The van der Waals surface area contributed by atoms with Crippen molar-refractivity contribution < 1.29 is 0 Å². The Morgan fingerprint density at radius 1 is 0.538 bits per heavy atom. The smallest absolute Gasteiger partial charge is 0.0541 e. The van der Waals surface area contributed by atoms with Gasteiger partial charge in [-0.1, -0.05) is 97.9 Å². The van der Waals surface area contributed by atoms with Crippen LogP contribution in [0.4, 0.5) is 11.4 Å². The third-order valence-electron chi connectivity index (χ3n) is 8.26. The van der Waals surface area contributed by atoms with Gasteiger partial charge >= 0.3 is 0 Å². The number of benzene rings is 5. The van der Waals surface area contributed by atoms with Crippen LogP contribution in [0.2, 0.25) is 0 Å². The summed E-state index contributed by atoms with van der Waals surface area (Å²) in [6, 6.07) is 46.7. The van der Waals surface area contributed by atoms with Gasteiger partial charge in [-0.3, -0.25) is 0 Å². The molecule has 0 saturated heterocycles. The first-order valence-electron chi connectivity index (χ1n) is 14.0. The Morgan fingerprint density at radius 3 is 1.67 bits per heavy atom. The van der Waals surface area contributed by atoms with E-state index in [1.54, 1.807) is 0 Å². The number of nitrogens with zero attached hydrogens (tertiary/aromatic N) is 2. The zero-order chi connectivity index (χ0) is 26.2. The van der Waals surface area contributed by atoms with Gasteiger partial charge in [-0.15, -0.1) is 0 Å². The molecule has 2 nitrogen and oxygen atoms in total. The van der Waals surface area contributed by atoms with Crippen LogP contribution < -0.4 is 4.90 Å². The quantitative estimate of drug-likeness (QED) is 0.212. The van der Waals surface area contributed by atoms with Crippen molar-refractivity contribution in [2.45, 2.75) is 25.8 Å². The van der Waals surface area contributed by atoms with Crippen molar-refractivity contribution in [3.63, 3.8) is 0 Å². The molecule has 6 aromatic rings. The van der Waals surface area contributed by atoms with Gasteiger partial charge in [0, 0.05) is 33.9 Å². The van der Waals surface area contributed by atoms with Crippen LogP contribution in [0.25, 0.3) is 38.6 Å². The van der Waals surface area contributed by atoms with E-state index in [0.29, 0.717) is 12.0 Å². The summed E-state index contributed by atoms with van der Waals surface area (Å²) < 4.78 is 2.37. The van der Waals surface area contributed by atoms with Gasteiger partial charge in [0.25, 0.3) is 0 Å². The summed E-state index contributed by atoms with van der Waals surface area (Å²) in [6.07, 6.45) is 6.87. The molecular weight excluding hydrogens is 472 g/mol. The first-order chi connectivity index (χ1) is 19.3. The van der Waals surface area contributed by atoms with Gasteiger partial charge in [0.05, 0.1) is 11.0 Å². The van der Waals surface area contributed by atoms with Gasteiger partial charge < -0.3 is 9.47 Å². The summed E-state index contributed by atoms with van der Waals surface area (Å²) >= 11 is 0. The molecule has 5 aromatic carbocycles. The first kappa shape index (κ1) is 23.5. The monoisotopic (exact) mass is 504 g/mol. The summed E-state index contributed by atoms with van der Waals surface area (Å²) in [5.74, 6) is 0.600. The number of hydrogen-bond acceptors (Lipinski definition) is 1. The van der Waals surface area contributed by atoms with Crippen LogP contribution in [0.5, 0.6) is 0 Å². The normalized spacial score (nSPS) is 17.1. The second-order valence-electron chi connectivity index (χ2n) is 10.7. The van der Waals surface area contributed by atoms with E-state index < -0.39 is 0 Å². The molecule has 1 aliphatic rings. The average Bonchev–Trinajstić information content (AvgIpc) is 3.34. The lowest BCUT2D eigenvalue weighted by atomic mass is 9.88. The van der Waals surface area contributed by atoms with E-state index in [0.717, 1.165) is 12.8 Å². The highest BCUT2D eigenvalue weighted by Crippen LogP contribution is 2.37. The molecule has 0 radical (unpaired) electrons. The van der Waals surface area contributed by atoms with Crippen LogP contribution in [0.15, 0.2) is 140 Å². The van der Waals surface area contributed by atoms with Crippen LogP contribution in [0, 0.1) is 5.92 Å². The molecule has 2 atom stereocenters. The number of para-hydroxylation sites is 3. The highest BCUT2D eigenvalue weighted by atomic mass is 15.2. The van der Waals surface area contributed by atoms with Crippen LogP contribution in [-0.2, 0) is 0 Å². The van der Waals surface area contributed by atoms with E-state index in [1.165, 1.54) is 50.0 Å². The fraction of sp³-hybridized carbons (Fsp3) is 0.135. The van der Waals surface area contributed by atoms with E-state index in [1.807, 2.05) is 0 Å². The minimum absolute atomic E-state index is 0.453. The topological polar surface area (TPSA) is 8.17 Å². The van der Waals surface area contributed by atoms with Gasteiger partial charge in [0.15, 0.2) is 0 Å². The summed E-state index contributed by atoms with van der Waals surface area (Å²) in [7, 11) is 0. The third kappa shape index (κ3) is 4.23. The Balaban J connectivity index is 1.22. The number of aromatic nitrogens is 1. The number of hydrogen-bond donors (Lipinski definition) is 0. The van der Waals surface area contributed by atoms with Crippen LogP contribution in [0.1, 0.15) is 19.8 Å². The predicted octanol–water partition coefficient (Wildman–Crippen LogP) is 9.94. The summed E-state index contributed by atoms with van der Waals surface area (Å²) in [5.41, 5.74) is 8.63. The molecule has 0 bridgehead atoms. The largest absolute Gasteiger partial charge is 0.338 e. The van der Waals surface area contributed by atoms with Gasteiger partial charge in [-0.05, 0) is 78.4 Å². The Bertz CT molecular complexity index is 1710. The molecule has 1 heterocycles. The highest BCUT2D eigenvalue weighted by Gasteiger charge is 2.26. The zero-order valence-corrected chi connectivity index (χ0v) is 22.2. The van der Waals surface area contributed by atoms with Crippen molar-refractivity contribution in [2.75, 3.05) is 4.90 Å². The SMILES string of the molecule is CC1CC=CCC1N(c1ccccc1)c1ccc(-c2ccc(-n3c4ccccc4c4ccccc43)cc2)cc1. The van der Waals surface area contributed by atoms with E-state index in [4.69, 9.17) is 0 Å². The van der Waals surface area contributed by atoms with E-state index in [2.05, 4.69) is 156 Å². The lowest BCUT2D eigenvalue weighted by molar-refractivity contribution is 0.440. The molecule has 0 amide bonds. The van der Waals surface area contributed by atoms with Crippen molar-refractivity contribution in [1.82, 2.24) is 4.57 Å². The van der Waals surface area contributed by atoms with Crippen LogP contribution >= 0.6 is 0 Å². The minimum Gasteiger partial charge on any atom is -0.338 e. The maximum atomic E-state index is 2.53. The van der Waals surface area contributed by atoms with Crippen molar-refractivity contribution in [3.05, 3.63) is 140 Å². The first-order valence-corrected chi connectivity index (χ1v) is 14.0. The molecule has 0 spiro atoms. The standard InChI is InChI=1S/C37H32N2/c1-27-11-5-8-16-35(27)38(30-12-3-2-4-13-30)31-23-19-28(20-24-31)29-21-25-32(26-22-29)39-36-17-9-6-14-33(36)34-15-7-10-18-37(34)39/h2-10,12-15,17-27,35H,11,16H2,1H3. The maximum Gasteiger partial charge on any atom is 0.0541 e. The molecule has 0 N–H and O–H groups in total. The fourth-order valence-electron chi connectivity index (χ4n) is 6.23. The van der Waals surface area contributed by atoms with Crippen LogP contribution in [0.3, 0.4) is 0 Å². The van der Waals surface area contributed by atoms with Gasteiger partial charge in [-0.2, -0.15) is 0 Å². The highest BCUT2D eigenvalue weighted by molar-refractivity contribution is 6.09. The minimum atomic E-state index is 0.453. The molecule has 0 saturated carbocycles. The van der Waals surface area contributed by atoms with Crippen molar-refractivity contribution in [3.8, 4) is 16.8 Å². The second-order valence-corrected chi connectivity index (χ2v) is 10.7. The molecule has 7 rings (SSSR count). The third-order valence-corrected chi connectivity index (χ3v) is 8.26. The molecular formula is C37H32N2. The molecule has 1 aromatic heterocycles. The van der Waals surface area contributed by atoms with Gasteiger partial charge in [-0.25, -0.2) is 0 Å². The Kier molecular flexibility index (Phi) is 6.01. The van der Waals surface area contributed by atoms with E-state index in [9.17, 15) is 0 Å². The fourth-order valence-corrected chi connectivity index (χ4v) is 6.23. The predicted molar refractivity (Wildman–Crippen MR) is 166 cm³/mol. The molecule has 2 unspecified atom stereocenters. The lowest BCUT2D eigenvalue weighted by Crippen LogP contribution is -2.37. The van der Waals surface area contributed by atoms with Crippen molar-refractivity contribution >= 4 is 33.2 Å². The number of allylic oxidation sites excluding steroid dienone is 1. The summed E-state index contributed by atoms with van der Waals surface area (Å²) in [4.78, 5) is 2.53. The Hall–Kier alpha value is -4.56. The summed E-state index contributed by atoms with van der Waals surface area (Å²) in [6.45, 7) is 2.37. The molecule has 0 fully saturated rings. The molecule has 39 heavy (non-hydrogen) atoms. The zero-order valence-electron chi connectivity index (χ0n) is 22.2. The molecule has 2 heteroatoms. The lowest BCUT2D eigenvalue weighted by Gasteiger charge is -2.38. The van der Waals surface area contributed by atoms with Crippen molar-refractivity contribution in [2.24, 2.45) is 5.92 Å². The maximum absolute atomic E-state index is 2.53. The second kappa shape index (κ2) is 9.96. The number of fused-ring (bicyclic) bond motifs is 3. The number of anilines is 2. The van der Waals surface area contributed by atoms with Gasteiger partial charge in [0.2, 0.25) is 0 Å². The van der Waals surface area contributed by atoms with Gasteiger partial charge in [0.1, 0.15) is 0 Å². The Morgan fingerprint density at radius 2 is 1.05 bits per heavy atom.